The number of imide groups is 1. The molecule has 4 amide bonds. The van der Waals surface area contributed by atoms with Crippen LogP contribution in [0.1, 0.15) is 16.1 Å². The Morgan fingerprint density at radius 1 is 1.10 bits per heavy atom. The van der Waals surface area contributed by atoms with E-state index in [-0.39, 0.29) is 30.6 Å². The molecule has 1 fully saturated rings. The smallest absolute Gasteiger partial charge is 0.293 e. The lowest BCUT2D eigenvalue weighted by Crippen LogP contribution is -2.41. The second kappa shape index (κ2) is 9.57. The third-order valence-corrected chi connectivity index (χ3v) is 5.17. The summed E-state index contributed by atoms with van der Waals surface area (Å²) in [6.07, 6.45) is 1.66. The number of rotatable bonds is 7. The standard InChI is InChI=1S/C19H16BrN3O5S/c20-15-7-6-13(28-15)17(25)22-11-16(24)21-8-9-23-18(26)14(29-19(23)27)10-12-4-2-1-3-5-12/h1-7,10H,8-9,11H2,(H,21,24)(H,22,25)/b14-10-. The average Bonchev–Trinajstić information content (AvgIpc) is 3.25. The van der Waals surface area contributed by atoms with Gasteiger partial charge in [0, 0.05) is 13.1 Å². The normalized spacial score (nSPS) is 15.1. The summed E-state index contributed by atoms with van der Waals surface area (Å²) in [4.78, 5) is 49.6. The Labute approximate surface area is 178 Å². The van der Waals surface area contributed by atoms with Crippen LogP contribution in [0.2, 0.25) is 0 Å². The summed E-state index contributed by atoms with van der Waals surface area (Å²) in [5.74, 6) is -1.29. The van der Waals surface area contributed by atoms with Gasteiger partial charge in [-0.2, -0.15) is 0 Å². The predicted molar refractivity (Wildman–Crippen MR) is 111 cm³/mol. The molecule has 10 heteroatoms. The fraction of sp³-hybridized carbons (Fsp3) is 0.158. The zero-order chi connectivity index (χ0) is 20.8. The van der Waals surface area contributed by atoms with E-state index in [0.29, 0.717) is 9.57 Å². The van der Waals surface area contributed by atoms with Crippen molar-refractivity contribution in [2.24, 2.45) is 0 Å². The zero-order valence-corrected chi connectivity index (χ0v) is 17.4. The van der Waals surface area contributed by atoms with Gasteiger partial charge in [-0.15, -0.1) is 0 Å². The molecular formula is C19H16BrN3O5S. The quantitative estimate of drug-likeness (QED) is 0.593. The van der Waals surface area contributed by atoms with E-state index in [1.807, 2.05) is 30.3 Å². The van der Waals surface area contributed by atoms with Crippen molar-refractivity contribution in [3.63, 3.8) is 0 Å². The minimum atomic E-state index is -0.525. The third kappa shape index (κ3) is 5.58. The van der Waals surface area contributed by atoms with E-state index in [9.17, 15) is 19.2 Å². The Hall–Kier alpha value is -2.85. The molecule has 150 valence electrons. The number of amides is 4. The van der Waals surface area contributed by atoms with Crippen molar-refractivity contribution in [1.29, 1.82) is 0 Å². The van der Waals surface area contributed by atoms with Gasteiger partial charge in [0.05, 0.1) is 11.4 Å². The second-order valence-electron chi connectivity index (χ2n) is 5.88. The number of benzene rings is 1. The van der Waals surface area contributed by atoms with Crippen LogP contribution in [0.5, 0.6) is 0 Å². The fourth-order valence-corrected chi connectivity index (χ4v) is 3.62. The lowest BCUT2D eigenvalue weighted by molar-refractivity contribution is -0.124. The highest BCUT2D eigenvalue weighted by Gasteiger charge is 2.34. The first kappa shape index (κ1) is 20.9. The minimum Gasteiger partial charge on any atom is -0.444 e. The lowest BCUT2D eigenvalue weighted by Gasteiger charge is -2.13. The maximum absolute atomic E-state index is 12.4. The molecule has 1 aromatic carbocycles. The maximum atomic E-state index is 12.4. The molecule has 8 nitrogen and oxygen atoms in total. The van der Waals surface area contributed by atoms with Crippen molar-refractivity contribution in [3.8, 4) is 0 Å². The van der Waals surface area contributed by atoms with Crippen LogP contribution in [-0.4, -0.2) is 47.5 Å². The lowest BCUT2D eigenvalue weighted by atomic mass is 10.2. The van der Waals surface area contributed by atoms with Gasteiger partial charge >= 0.3 is 0 Å². The molecule has 0 saturated carbocycles. The molecule has 0 atom stereocenters. The minimum absolute atomic E-state index is 0.0433. The number of carbonyl (C=O) groups excluding carboxylic acids is 4. The van der Waals surface area contributed by atoms with Crippen molar-refractivity contribution in [1.82, 2.24) is 15.5 Å². The van der Waals surface area contributed by atoms with Gasteiger partial charge in [-0.25, -0.2) is 0 Å². The van der Waals surface area contributed by atoms with Crippen molar-refractivity contribution in [2.45, 2.75) is 0 Å². The van der Waals surface area contributed by atoms with Gasteiger partial charge in [-0.1, -0.05) is 30.3 Å². The fourth-order valence-electron chi connectivity index (χ4n) is 2.45. The first-order chi connectivity index (χ1) is 13.9. The van der Waals surface area contributed by atoms with Crippen LogP contribution >= 0.6 is 27.7 Å². The van der Waals surface area contributed by atoms with Gasteiger partial charge in [0.2, 0.25) is 5.91 Å². The Morgan fingerprint density at radius 2 is 1.86 bits per heavy atom. The molecule has 1 saturated heterocycles. The van der Waals surface area contributed by atoms with Crippen molar-refractivity contribution < 1.29 is 23.6 Å². The molecule has 0 unspecified atom stereocenters. The number of nitrogens with one attached hydrogen (secondary N) is 2. The van der Waals surface area contributed by atoms with Crippen molar-refractivity contribution >= 4 is 56.7 Å². The van der Waals surface area contributed by atoms with E-state index in [2.05, 4.69) is 26.6 Å². The molecule has 1 aromatic heterocycles. The number of furan rings is 1. The van der Waals surface area contributed by atoms with Crippen LogP contribution in [0.4, 0.5) is 4.79 Å². The highest BCUT2D eigenvalue weighted by molar-refractivity contribution is 9.10. The SMILES string of the molecule is O=C(CNC(=O)c1ccc(Br)o1)NCCN1C(=O)S/C(=C\c2ccccc2)C1=O. The van der Waals surface area contributed by atoms with E-state index in [4.69, 9.17) is 4.42 Å². The average molecular weight is 478 g/mol. The van der Waals surface area contributed by atoms with Gasteiger partial charge < -0.3 is 15.1 Å². The molecule has 29 heavy (non-hydrogen) atoms. The number of carbonyl (C=O) groups is 4. The van der Waals surface area contributed by atoms with Crippen molar-refractivity contribution in [3.05, 3.63) is 63.4 Å². The highest BCUT2D eigenvalue weighted by atomic mass is 79.9. The molecule has 2 N–H and O–H groups in total. The Balaban J connectivity index is 1.44. The van der Waals surface area contributed by atoms with Crippen LogP contribution < -0.4 is 10.6 Å². The summed E-state index contributed by atoms with van der Waals surface area (Å²) in [5.41, 5.74) is 0.825. The van der Waals surface area contributed by atoms with Crippen molar-refractivity contribution in [2.75, 3.05) is 19.6 Å². The molecular weight excluding hydrogens is 462 g/mol. The number of halogens is 1. The number of nitrogens with zero attached hydrogens (tertiary/aromatic N) is 1. The van der Waals surface area contributed by atoms with E-state index in [1.54, 1.807) is 12.1 Å². The van der Waals surface area contributed by atoms with E-state index < -0.39 is 17.7 Å². The molecule has 2 heterocycles. The van der Waals surface area contributed by atoms with Crippen LogP contribution in [0.25, 0.3) is 6.08 Å². The Kier molecular flexibility index (Phi) is 6.89. The Morgan fingerprint density at radius 3 is 2.55 bits per heavy atom. The largest absolute Gasteiger partial charge is 0.444 e. The zero-order valence-electron chi connectivity index (χ0n) is 15.0. The molecule has 0 aliphatic carbocycles. The van der Waals surface area contributed by atoms with Gasteiger partial charge in [0.15, 0.2) is 10.4 Å². The number of thioether (sulfide) groups is 1. The summed E-state index contributed by atoms with van der Waals surface area (Å²) in [6.45, 7) is -0.133. The highest BCUT2D eigenvalue weighted by Crippen LogP contribution is 2.31. The molecule has 0 spiro atoms. The monoisotopic (exact) mass is 477 g/mol. The first-order valence-corrected chi connectivity index (χ1v) is 10.2. The van der Waals surface area contributed by atoms with Gasteiger partial charge in [0.25, 0.3) is 17.1 Å². The van der Waals surface area contributed by atoms with E-state index in [0.717, 1.165) is 22.2 Å². The van der Waals surface area contributed by atoms with Gasteiger partial charge in [-0.05, 0) is 51.5 Å². The first-order valence-electron chi connectivity index (χ1n) is 8.54. The summed E-state index contributed by atoms with van der Waals surface area (Å²) in [7, 11) is 0. The summed E-state index contributed by atoms with van der Waals surface area (Å²) < 4.78 is 5.49. The topological polar surface area (TPSA) is 109 Å². The molecule has 1 aliphatic rings. The number of hydrogen-bond donors (Lipinski definition) is 2. The van der Waals surface area contributed by atoms with E-state index in [1.165, 1.54) is 6.07 Å². The van der Waals surface area contributed by atoms with Gasteiger partial charge in [0.1, 0.15) is 0 Å². The maximum Gasteiger partial charge on any atom is 0.293 e. The summed E-state index contributed by atoms with van der Waals surface area (Å²) in [5, 5.41) is 4.59. The number of hydrogen-bond acceptors (Lipinski definition) is 6. The van der Waals surface area contributed by atoms with Crippen LogP contribution in [0, 0.1) is 0 Å². The molecule has 0 bridgehead atoms. The van der Waals surface area contributed by atoms with E-state index >= 15 is 0 Å². The van der Waals surface area contributed by atoms with Crippen LogP contribution in [0.15, 0.2) is 56.5 Å². The molecule has 2 aromatic rings. The second-order valence-corrected chi connectivity index (χ2v) is 7.66. The van der Waals surface area contributed by atoms with Gasteiger partial charge in [-0.3, -0.25) is 24.1 Å². The molecule has 1 aliphatic heterocycles. The van der Waals surface area contributed by atoms with Crippen LogP contribution in [0.3, 0.4) is 0 Å². The predicted octanol–water partition coefficient (Wildman–Crippen LogP) is 2.62. The molecule has 0 radical (unpaired) electrons. The summed E-state index contributed by atoms with van der Waals surface area (Å²) in [6, 6.07) is 12.3. The molecule has 3 rings (SSSR count). The Bertz CT molecular complexity index is 973. The third-order valence-electron chi connectivity index (χ3n) is 3.83. The summed E-state index contributed by atoms with van der Waals surface area (Å²) >= 11 is 3.95. The van der Waals surface area contributed by atoms with Crippen LogP contribution in [-0.2, 0) is 9.59 Å².